The number of rotatable bonds is 4. The molecule has 0 saturated heterocycles. The fourth-order valence-electron chi connectivity index (χ4n) is 3.14. The van der Waals surface area contributed by atoms with Gasteiger partial charge in [-0.2, -0.15) is 0 Å². The Morgan fingerprint density at radius 3 is 2.57 bits per heavy atom. The molecule has 0 aliphatic carbocycles. The molecule has 4 aromatic rings. The monoisotopic (exact) mass is 403 g/mol. The first-order valence-electron chi connectivity index (χ1n) is 9.16. The molecule has 9 heteroatoms. The van der Waals surface area contributed by atoms with Gasteiger partial charge in [-0.15, -0.1) is 5.10 Å². The zero-order chi connectivity index (χ0) is 21.3. The summed E-state index contributed by atoms with van der Waals surface area (Å²) in [4.78, 5) is 21.1. The van der Waals surface area contributed by atoms with Crippen LogP contribution in [0.15, 0.2) is 48.8 Å². The minimum Gasteiger partial charge on any atom is -0.305 e. The van der Waals surface area contributed by atoms with E-state index in [0.717, 1.165) is 16.7 Å². The van der Waals surface area contributed by atoms with Crippen LogP contribution in [0.4, 0.5) is 10.2 Å². The number of nitrogens with one attached hydrogen (secondary N) is 1. The quantitative estimate of drug-likeness (QED) is 0.561. The van der Waals surface area contributed by atoms with Gasteiger partial charge in [0.2, 0.25) is 0 Å². The number of aromatic nitrogens is 6. The fraction of sp³-hybridized carbons (Fsp3) is 0.143. The highest BCUT2D eigenvalue weighted by molar-refractivity contribution is 6.04. The van der Waals surface area contributed by atoms with Gasteiger partial charge in [-0.05, 0) is 47.5 Å². The molecule has 0 spiro atoms. The lowest BCUT2D eigenvalue weighted by Gasteiger charge is -2.10. The Balaban J connectivity index is 1.60. The molecule has 1 amide bonds. The predicted octanol–water partition coefficient (Wildman–Crippen LogP) is 3.34. The standard InChI is InChI=1S/C21H18FN7O/c1-12-7-8-14(20-26-27-28-29(20)3)9-15(12)17-10-24-18(11-23-17)25-21(30)19-13(2)5-4-6-16(19)22/h4-11H,1-3H3,(H,24,25,30). The third kappa shape index (κ3) is 3.64. The number of halogens is 1. The lowest BCUT2D eigenvalue weighted by atomic mass is 10.0. The third-order valence-electron chi connectivity index (χ3n) is 4.73. The summed E-state index contributed by atoms with van der Waals surface area (Å²) in [5, 5.41) is 14.1. The highest BCUT2D eigenvalue weighted by atomic mass is 19.1. The third-order valence-corrected chi connectivity index (χ3v) is 4.73. The van der Waals surface area contributed by atoms with Crippen LogP contribution in [0.25, 0.3) is 22.6 Å². The summed E-state index contributed by atoms with van der Waals surface area (Å²) in [6.45, 7) is 3.64. The minimum absolute atomic E-state index is 0.00999. The van der Waals surface area contributed by atoms with Crippen LogP contribution in [0.5, 0.6) is 0 Å². The summed E-state index contributed by atoms with van der Waals surface area (Å²) >= 11 is 0. The molecule has 0 unspecified atom stereocenters. The van der Waals surface area contributed by atoms with E-state index >= 15 is 0 Å². The number of hydrogen-bond donors (Lipinski definition) is 1. The number of tetrazole rings is 1. The highest BCUT2D eigenvalue weighted by Crippen LogP contribution is 2.27. The molecule has 30 heavy (non-hydrogen) atoms. The number of benzene rings is 2. The van der Waals surface area contributed by atoms with Crippen LogP contribution in [0.2, 0.25) is 0 Å². The second kappa shape index (κ2) is 7.78. The first-order valence-corrected chi connectivity index (χ1v) is 9.16. The van der Waals surface area contributed by atoms with Crippen LogP contribution in [-0.4, -0.2) is 36.1 Å². The van der Waals surface area contributed by atoms with Crippen LogP contribution in [-0.2, 0) is 7.05 Å². The summed E-state index contributed by atoms with van der Waals surface area (Å²) in [5.41, 5.74) is 3.88. The van der Waals surface area contributed by atoms with E-state index in [1.807, 2.05) is 25.1 Å². The van der Waals surface area contributed by atoms with Crippen molar-refractivity contribution in [2.75, 3.05) is 5.32 Å². The van der Waals surface area contributed by atoms with E-state index in [9.17, 15) is 9.18 Å². The van der Waals surface area contributed by atoms with Gasteiger partial charge in [-0.1, -0.05) is 24.3 Å². The van der Waals surface area contributed by atoms with E-state index in [1.54, 1.807) is 37.0 Å². The van der Waals surface area contributed by atoms with E-state index in [1.165, 1.54) is 12.3 Å². The molecule has 0 aliphatic rings. The first kappa shape index (κ1) is 19.3. The number of anilines is 1. The second-order valence-corrected chi connectivity index (χ2v) is 6.83. The normalized spacial score (nSPS) is 10.8. The molecule has 1 N–H and O–H groups in total. The first-order chi connectivity index (χ1) is 14.4. The molecule has 0 aliphatic heterocycles. The Kier molecular flexibility index (Phi) is 5.01. The second-order valence-electron chi connectivity index (χ2n) is 6.83. The predicted molar refractivity (Wildman–Crippen MR) is 109 cm³/mol. The molecule has 2 aromatic heterocycles. The SMILES string of the molecule is Cc1ccc(-c2nnnn2C)cc1-c1cnc(NC(=O)c2c(C)cccc2F)cn1. The maximum atomic E-state index is 14.0. The number of nitrogens with zero attached hydrogens (tertiary/aromatic N) is 6. The Morgan fingerprint density at radius 2 is 1.90 bits per heavy atom. The number of amides is 1. The number of aryl methyl sites for hydroxylation is 3. The van der Waals surface area contributed by atoms with E-state index < -0.39 is 11.7 Å². The molecular weight excluding hydrogens is 385 g/mol. The summed E-state index contributed by atoms with van der Waals surface area (Å²) < 4.78 is 15.6. The van der Waals surface area contributed by atoms with Crippen molar-refractivity contribution in [1.29, 1.82) is 0 Å². The van der Waals surface area contributed by atoms with Crippen molar-refractivity contribution in [3.63, 3.8) is 0 Å². The van der Waals surface area contributed by atoms with Gasteiger partial charge in [0.25, 0.3) is 5.91 Å². The van der Waals surface area contributed by atoms with Crippen molar-refractivity contribution >= 4 is 11.7 Å². The largest absolute Gasteiger partial charge is 0.305 e. The Labute approximate surface area is 171 Å². The van der Waals surface area contributed by atoms with Crippen LogP contribution in [0.1, 0.15) is 21.5 Å². The molecule has 0 fully saturated rings. The molecule has 2 aromatic carbocycles. The average molecular weight is 403 g/mol. The summed E-state index contributed by atoms with van der Waals surface area (Å²) in [6, 6.07) is 10.3. The Morgan fingerprint density at radius 1 is 1.07 bits per heavy atom. The van der Waals surface area contributed by atoms with Gasteiger partial charge in [0, 0.05) is 18.2 Å². The van der Waals surface area contributed by atoms with Crippen LogP contribution < -0.4 is 5.32 Å². The number of carbonyl (C=O) groups excluding carboxylic acids is 1. The van der Waals surface area contributed by atoms with Gasteiger partial charge in [-0.25, -0.2) is 14.1 Å². The van der Waals surface area contributed by atoms with E-state index in [4.69, 9.17) is 0 Å². The molecule has 8 nitrogen and oxygen atoms in total. The Bertz CT molecular complexity index is 1210. The van der Waals surface area contributed by atoms with Gasteiger partial charge in [-0.3, -0.25) is 9.78 Å². The van der Waals surface area contributed by atoms with Crippen molar-refractivity contribution in [3.05, 3.63) is 71.3 Å². The minimum atomic E-state index is -0.581. The lowest BCUT2D eigenvalue weighted by Crippen LogP contribution is -2.16. The van der Waals surface area contributed by atoms with Crippen molar-refractivity contribution in [3.8, 4) is 22.6 Å². The maximum Gasteiger partial charge on any atom is 0.260 e. The highest BCUT2D eigenvalue weighted by Gasteiger charge is 2.16. The van der Waals surface area contributed by atoms with E-state index in [2.05, 4.69) is 30.8 Å². The zero-order valence-electron chi connectivity index (χ0n) is 16.6. The van der Waals surface area contributed by atoms with Crippen LogP contribution in [0, 0.1) is 19.7 Å². The lowest BCUT2D eigenvalue weighted by molar-refractivity contribution is 0.102. The van der Waals surface area contributed by atoms with Crippen molar-refractivity contribution in [1.82, 2.24) is 30.2 Å². The molecule has 2 heterocycles. The van der Waals surface area contributed by atoms with Crippen LogP contribution >= 0.6 is 0 Å². The fourth-order valence-corrected chi connectivity index (χ4v) is 3.14. The molecule has 0 saturated carbocycles. The maximum absolute atomic E-state index is 14.0. The smallest absolute Gasteiger partial charge is 0.260 e. The molecule has 0 radical (unpaired) electrons. The average Bonchev–Trinajstić information content (AvgIpc) is 3.15. The number of hydrogen-bond acceptors (Lipinski definition) is 6. The molecule has 150 valence electrons. The van der Waals surface area contributed by atoms with Gasteiger partial charge in [0.1, 0.15) is 5.82 Å². The summed E-state index contributed by atoms with van der Waals surface area (Å²) in [7, 11) is 1.77. The molecule has 0 bridgehead atoms. The summed E-state index contributed by atoms with van der Waals surface area (Å²) in [6.07, 6.45) is 3.00. The van der Waals surface area contributed by atoms with Gasteiger partial charge < -0.3 is 5.32 Å². The summed E-state index contributed by atoms with van der Waals surface area (Å²) in [5.74, 6) is -0.283. The van der Waals surface area contributed by atoms with Crippen molar-refractivity contribution < 1.29 is 9.18 Å². The topological polar surface area (TPSA) is 98.5 Å². The van der Waals surface area contributed by atoms with Crippen LogP contribution in [0.3, 0.4) is 0 Å². The molecular formula is C21H18FN7O. The van der Waals surface area contributed by atoms with E-state index in [-0.39, 0.29) is 11.4 Å². The van der Waals surface area contributed by atoms with Gasteiger partial charge in [0.15, 0.2) is 11.6 Å². The zero-order valence-corrected chi connectivity index (χ0v) is 16.6. The van der Waals surface area contributed by atoms with Gasteiger partial charge >= 0.3 is 0 Å². The molecule has 0 atom stereocenters. The van der Waals surface area contributed by atoms with Crippen molar-refractivity contribution in [2.45, 2.75) is 13.8 Å². The Hall–Kier alpha value is -4.01. The van der Waals surface area contributed by atoms with Crippen molar-refractivity contribution in [2.24, 2.45) is 7.05 Å². The number of carbonyl (C=O) groups is 1. The molecule has 4 rings (SSSR count). The van der Waals surface area contributed by atoms with E-state index in [0.29, 0.717) is 17.1 Å². The van der Waals surface area contributed by atoms with Gasteiger partial charge in [0.05, 0.1) is 23.7 Å².